The summed E-state index contributed by atoms with van der Waals surface area (Å²) < 4.78 is 10.8. The highest BCUT2D eigenvalue weighted by atomic mass is 16.5. The third-order valence-electron chi connectivity index (χ3n) is 5.10. The minimum absolute atomic E-state index is 0.154. The van der Waals surface area contributed by atoms with E-state index in [0.29, 0.717) is 30.0 Å². The maximum atomic E-state index is 13.3. The Morgan fingerprint density at radius 1 is 1.04 bits per heavy atom. The summed E-state index contributed by atoms with van der Waals surface area (Å²) in [6, 6.07) is 8.81. The molecule has 1 N–H and O–H groups in total. The number of hydrogen-bond donors (Lipinski definition) is 1. The number of methoxy groups -OCH3 is 2. The van der Waals surface area contributed by atoms with E-state index in [4.69, 9.17) is 9.47 Å². The molecule has 3 rings (SSSR count). The van der Waals surface area contributed by atoms with Crippen molar-refractivity contribution in [3.63, 3.8) is 0 Å². The van der Waals surface area contributed by atoms with Gasteiger partial charge in [0.25, 0.3) is 5.91 Å². The van der Waals surface area contributed by atoms with E-state index in [-0.39, 0.29) is 12.3 Å². The van der Waals surface area contributed by atoms with Crippen molar-refractivity contribution < 1.29 is 24.2 Å². The zero-order chi connectivity index (χ0) is 20.4. The standard InChI is InChI=1S/C22H25NO5/c1-13-7-14(2)9-16(8-13)22(26)23-6-5-15-10-19(27-3)20(28-4)11-17(15)18(23)12-21(24)25/h7-11,18H,5-6,12H2,1-4H3,(H,24,25). The van der Waals surface area contributed by atoms with Crippen LogP contribution < -0.4 is 9.47 Å². The molecule has 0 saturated heterocycles. The summed E-state index contributed by atoms with van der Waals surface area (Å²) in [5, 5.41) is 9.48. The highest BCUT2D eigenvalue weighted by molar-refractivity contribution is 5.95. The molecular formula is C22H25NO5. The molecular weight excluding hydrogens is 358 g/mol. The molecule has 148 valence electrons. The zero-order valence-corrected chi connectivity index (χ0v) is 16.6. The topological polar surface area (TPSA) is 76.1 Å². The average Bonchev–Trinajstić information content (AvgIpc) is 2.65. The lowest BCUT2D eigenvalue weighted by atomic mass is 9.89. The van der Waals surface area contributed by atoms with Gasteiger partial charge in [-0.05, 0) is 55.7 Å². The van der Waals surface area contributed by atoms with Crippen LogP contribution in [0.1, 0.15) is 45.1 Å². The van der Waals surface area contributed by atoms with Gasteiger partial charge in [0, 0.05) is 12.1 Å². The molecule has 0 radical (unpaired) electrons. The molecule has 0 saturated carbocycles. The molecule has 0 bridgehead atoms. The van der Waals surface area contributed by atoms with E-state index >= 15 is 0 Å². The number of carboxylic acids is 1. The number of fused-ring (bicyclic) bond motifs is 1. The number of hydrogen-bond acceptors (Lipinski definition) is 4. The van der Waals surface area contributed by atoms with Crippen molar-refractivity contribution in [2.24, 2.45) is 0 Å². The van der Waals surface area contributed by atoms with Gasteiger partial charge >= 0.3 is 5.97 Å². The number of rotatable bonds is 5. The normalized spacial score (nSPS) is 15.7. The maximum absolute atomic E-state index is 13.3. The van der Waals surface area contributed by atoms with Gasteiger partial charge in [-0.1, -0.05) is 17.2 Å². The van der Waals surface area contributed by atoms with Crippen LogP contribution in [0.2, 0.25) is 0 Å². The Morgan fingerprint density at radius 2 is 1.64 bits per heavy atom. The molecule has 0 spiro atoms. The van der Waals surface area contributed by atoms with Crippen LogP contribution in [-0.4, -0.2) is 42.6 Å². The Hall–Kier alpha value is -3.02. The van der Waals surface area contributed by atoms with Crippen LogP contribution in [0.4, 0.5) is 0 Å². The molecule has 1 atom stereocenters. The fourth-order valence-corrected chi connectivity index (χ4v) is 3.92. The molecule has 1 aliphatic rings. The van der Waals surface area contributed by atoms with Crippen LogP contribution in [0.25, 0.3) is 0 Å². The molecule has 2 aromatic carbocycles. The Balaban J connectivity index is 2.05. The number of carboxylic acid groups (broad SMARTS) is 1. The van der Waals surface area contributed by atoms with Gasteiger partial charge < -0.3 is 19.5 Å². The molecule has 1 unspecified atom stereocenters. The summed E-state index contributed by atoms with van der Waals surface area (Å²) in [6.45, 7) is 4.34. The molecule has 1 aliphatic heterocycles. The predicted molar refractivity (Wildman–Crippen MR) is 105 cm³/mol. The predicted octanol–water partition coefficient (Wildman–Crippen LogP) is 3.53. The van der Waals surface area contributed by atoms with Crippen molar-refractivity contribution >= 4 is 11.9 Å². The van der Waals surface area contributed by atoms with Gasteiger partial charge in [0.15, 0.2) is 11.5 Å². The van der Waals surface area contributed by atoms with Crippen LogP contribution in [-0.2, 0) is 11.2 Å². The van der Waals surface area contributed by atoms with Crippen molar-refractivity contribution in [1.82, 2.24) is 4.90 Å². The first-order chi connectivity index (χ1) is 13.3. The van der Waals surface area contributed by atoms with Gasteiger partial charge in [-0.15, -0.1) is 0 Å². The van der Waals surface area contributed by atoms with Gasteiger partial charge in [0.05, 0.1) is 26.7 Å². The van der Waals surface area contributed by atoms with Crippen molar-refractivity contribution in [2.75, 3.05) is 20.8 Å². The number of aryl methyl sites for hydroxylation is 2. The Bertz CT molecular complexity index is 901. The number of carbonyl (C=O) groups excluding carboxylic acids is 1. The lowest BCUT2D eigenvalue weighted by Gasteiger charge is -2.37. The second-order valence-electron chi connectivity index (χ2n) is 7.14. The van der Waals surface area contributed by atoms with Crippen LogP contribution in [0.15, 0.2) is 30.3 Å². The lowest BCUT2D eigenvalue weighted by Crippen LogP contribution is -2.41. The molecule has 0 aromatic heterocycles. The molecule has 6 nitrogen and oxygen atoms in total. The summed E-state index contributed by atoms with van der Waals surface area (Å²) in [5.74, 6) is 0.0195. The van der Waals surface area contributed by atoms with Crippen molar-refractivity contribution in [3.05, 3.63) is 58.1 Å². The fraction of sp³-hybridized carbons (Fsp3) is 0.364. The number of aliphatic carboxylic acids is 1. The van der Waals surface area contributed by atoms with Crippen molar-refractivity contribution in [2.45, 2.75) is 32.7 Å². The molecule has 0 aliphatic carbocycles. The number of amides is 1. The molecule has 1 amide bonds. The van der Waals surface area contributed by atoms with E-state index in [1.807, 2.05) is 38.1 Å². The number of ether oxygens (including phenoxy) is 2. The van der Waals surface area contributed by atoms with Crippen molar-refractivity contribution in [1.29, 1.82) is 0 Å². The first-order valence-electron chi connectivity index (χ1n) is 9.20. The third kappa shape index (κ3) is 3.81. The van der Waals surface area contributed by atoms with Gasteiger partial charge in [0.2, 0.25) is 0 Å². The second kappa shape index (κ2) is 7.92. The molecule has 28 heavy (non-hydrogen) atoms. The summed E-state index contributed by atoms with van der Waals surface area (Å²) in [7, 11) is 3.11. The number of benzene rings is 2. The van der Waals surface area contributed by atoms with Crippen molar-refractivity contribution in [3.8, 4) is 11.5 Å². The second-order valence-corrected chi connectivity index (χ2v) is 7.14. The number of nitrogens with zero attached hydrogens (tertiary/aromatic N) is 1. The first kappa shape index (κ1) is 19.7. The summed E-state index contributed by atoms with van der Waals surface area (Å²) in [6.07, 6.45) is 0.460. The van der Waals surface area contributed by atoms with Crippen LogP contribution >= 0.6 is 0 Å². The smallest absolute Gasteiger partial charge is 0.305 e. The molecule has 0 fully saturated rings. The van der Waals surface area contributed by atoms with Gasteiger partial charge in [0.1, 0.15) is 0 Å². The van der Waals surface area contributed by atoms with Crippen LogP contribution in [0.5, 0.6) is 11.5 Å². The van der Waals surface area contributed by atoms with E-state index in [9.17, 15) is 14.7 Å². The fourth-order valence-electron chi connectivity index (χ4n) is 3.92. The lowest BCUT2D eigenvalue weighted by molar-refractivity contribution is -0.138. The van der Waals surface area contributed by atoms with E-state index in [0.717, 1.165) is 22.3 Å². The largest absolute Gasteiger partial charge is 0.493 e. The Morgan fingerprint density at radius 3 is 2.21 bits per heavy atom. The zero-order valence-electron chi connectivity index (χ0n) is 16.6. The summed E-state index contributed by atoms with van der Waals surface area (Å²) >= 11 is 0. The third-order valence-corrected chi connectivity index (χ3v) is 5.10. The first-order valence-corrected chi connectivity index (χ1v) is 9.20. The summed E-state index contributed by atoms with van der Waals surface area (Å²) in [4.78, 5) is 26.5. The summed E-state index contributed by atoms with van der Waals surface area (Å²) in [5.41, 5.74) is 4.36. The average molecular weight is 383 g/mol. The minimum atomic E-state index is -0.953. The van der Waals surface area contributed by atoms with E-state index < -0.39 is 12.0 Å². The quantitative estimate of drug-likeness (QED) is 0.855. The Kier molecular flexibility index (Phi) is 5.58. The monoisotopic (exact) mass is 383 g/mol. The highest BCUT2D eigenvalue weighted by Gasteiger charge is 2.34. The molecule has 1 heterocycles. The van der Waals surface area contributed by atoms with Gasteiger partial charge in [-0.3, -0.25) is 9.59 Å². The Labute approximate surface area is 164 Å². The maximum Gasteiger partial charge on any atom is 0.305 e. The van der Waals surface area contributed by atoms with Gasteiger partial charge in [-0.2, -0.15) is 0 Å². The van der Waals surface area contributed by atoms with Crippen LogP contribution in [0, 0.1) is 13.8 Å². The van der Waals surface area contributed by atoms with E-state index in [1.165, 1.54) is 7.11 Å². The van der Waals surface area contributed by atoms with E-state index in [2.05, 4.69) is 0 Å². The van der Waals surface area contributed by atoms with Crippen LogP contribution in [0.3, 0.4) is 0 Å². The minimum Gasteiger partial charge on any atom is -0.493 e. The number of carbonyl (C=O) groups is 2. The molecule has 2 aromatic rings. The van der Waals surface area contributed by atoms with Gasteiger partial charge in [-0.25, -0.2) is 0 Å². The SMILES string of the molecule is COc1cc2c(cc1OC)C(CC(=O)O)N(C(=O)c1cc(C)cc(C)c1)CC2. The van der Waals surface area contributed by atoms with E-state index in [1.54, 1.807) is 18.1 Å². The highest BCUT2D eigenvalue weighted by Crippen LogP contribution is 2.40. The molecule has 6 heteroatoms.